The van der Waals surface area contributed by atoms with E-state index < -0.39 is 0 Å². The normalized spacial score (nSPS) is 10.0. The van der Waals surface area contributed by atoms with Gasteiger partial charge in [0.1, 0.15) is 0 Å². The number of rotatable bonds is 4. The highest BCUT2D eigenvalue weighted by Crippen LogP contribution is 2.13. The molecule has 0 spiro atoms. The highest BCUT2D eigenvalue weighted by Gasteiger charge is 2.05. The smallest absolute Gasteiger partial charge is 0.337 e. The molecule has 0 saturated heterocycles. The van der Waals surface area contributed by atoms with E-state index in [1.807, 2.05) is 12.1 Å². The van der Waals surface area contributed by atoms with Crippen molar-refractivity contribution in [3.05, 3.63) is 65.2 Å². The number of methoxy groups -OCH3 is 1. The van der Waals surface area contributed by atoms with E-state index >= 15 is 0 Å². The summed E-state index contributed by atoms with van der Waals surface area (Å²) in [6.45, 7) is 2.79. The SMILES string of the molecule is COC(=O)c1cccc(NCc2ccc(C)cc2)c1. The molecule has 0 bridgehead atoms. The molecule has 0 radical (unpaired) electrons. The molecule has 3 nitrogen and oxygen atoms in total. The minimum Gasteiger partial charge on any atom is -0.465 e. The molecule has 98 valence electrons. The maximum Gasteiger partial charge on any atom is 0.337 e. The van der Waals surface area contributed by atoms with Crippen molar-refractivity contribution < 1.29 is 9.53 Å². The molecular weight excluding hydrogens is 238 g/mol. The summed E-state index contributed by atoms with van der Waals surface area (Å²) in [5.74, 6) is -0.320. The lowest BCUT2D eigenvalue weighted by Crippen LogP contribution is -2.03. The van der Waals surface area contributed by atoms with Crippen LogP contribution in [-0.2, 0) is 11.3 Å². The highest BCUT2D eigenvalue weighted by molar-refractivity contribution is 5.90. The van der Waals surface area contributed by atoms with E-state index in [1.54, 1.807) is 12.1 Å². The molecular formula is C16H17NO2. The number of benzene rings is 2. The monoisotopic (exact) mass is 255 g/mol. The van der Waals surface area contributed by atoms with Gasteiger partial charge in [0.2, 0.25) is 0 Å². The van der Waals surface area contributed by atoms with E-state index in [0.717, 1.165) is 12.2 Å². The van der Waals surface area contributed by atoms with Crippen LogP contribution in [0.25, 0.3) is 0 Å². The average molecular weight is 255 g/mol. The van der Waals surface area contributed by atoms with Gasteiger partial charge in [-0.05, 0) is 30.7 Å². The third-order valence-corrected chi connectivity index (χ3v) is 2.90. The molecule has 0 saturated carbocycles. The number of aryl methyl sites for hydroxylation is 1. The summed E-state index contributed by atoms with van der Waals surface area (Å²) in [6.07, 6.45) is 0. The van der Waals surface area contributed by atoms with Gasteiger partial charge in [0.15, 0.2) is 0 Å². The van der Waals surface area contributed by atoms with E-state index in [2.05, 4.69) is 36.5 Å². The summed E-state index contributed by atoms with van der Waals surface area (Å²) < 4.78 is 4.70. The number of anilines is 1. The molecule has 0 aliphatic heterocycles. The molecule has 2 rings (SSSR count). The van der Waals surface area contributed by atoms with Crippen LogP contribution in [0.3, 0.4) is 0 Å². The number of carbonyl (C=O) groups excluding carboxylic acids is 1. The van der Waals surface area contributed by atoms with Gasteiger partial charge in [0.25, 0.3) is 0 Å². The van der Waals surface area contributed by atoms with Crippen LogP contribution in [0.2, 0.25) is 0 Å². The van der Waals surface area contributed by atoms with E-state index in [-0.39, 0.29) is 5.97 Å². The van der Waals surface area contributed by atoms with Crippen molar-refractivity contribution in [3.63, 3.8) is 0 Å². The van der Waals surface area contributed by atoms with Crippen LogP contribution in [0.15, 0.2) is 48.5 Å². The number of esters is 1. The maximum absolute atomic E-state index is 11.4. The predicted octanol–water partition coefficient (Wildman–Crippen LogP) is 3.39. The Kier molecular flexibility index (Phi) is 4.18. The second-order valence-corrected chi connectivity index (χ2v) is 4.41. The number of nitrogens with one attached hydrogen (secondary N) is 1. The fourth-order valence-corrected chi connectivity index (χ4v) is 1.78. The van der Waals surface area contributed by atoms with E-state index in [0.29, 0.717) is 5.56 Å². The Labute approximate surface area is 113 Å². The zero-order chi connectivity index (χ0) is 13.7. The quantitative estimate of drug-likeness (QED) is 0.851. The Hall–Kier alpha value is -2.29. The van der Waals surface area contributed by atoms with Gasteiger partial charge in [-0.15, -0.1) is 0 Å². The summed E-state index contributed by atoms with van der Waals surface area (Å²) in [7, 11) is 1.38. The number of carbonyl (C=O) groups is 1. The fraction of sp³-hybridized carbons (Fsp3) is 0.188. The minimum absolute atomic E-state index is 0.320. The second-order valence-electron chi connectivity index (χ2n) is 4.41. The molecule has 1 N–H and O–H groups in total. The lowest BCUT2D eigenvalue weighted by atomic mass is 10.1. The first-order valence-corrected chi connectivity index (χ1v) is 6.17. The first-order valence-electron chi connectivity index (χ1n) is 6.17. The van der Waals surface area contributed by atoms with Gasteiger partial charge in [-0.25, -0.2) is 4.79 Å². The van der Waals surface area contributed by atoms with Crippen molar-refractivity contribution in [2.24, 2.45) is 0 Å². The minimum atomic E-state index is -0.320. The van der Waals surface area contributed by atoms with E-state index in [4.69, 9.17) is 4.74 Å². The van der Waals surface area contributed by atoms with Crippen LogP contribution < -0.4 is 5.32 Å². The molecule has 0 fully saturated rings. The fourth-order valence-electron chi connectivity index (χ4n) is 1.78. The largest absolute Gasteiger partial charge is 0.465 e. The third kappa shape index (κ3) is 3.58. The Bertz CT molecular complexity index is 561. The Morgan fingerprint density at radius 1 is 1.16 bits per heavy atom. The maximum atomic E-state index is 11.4. The Morgan fingerprint density at radius 2 is 1.89 bits per heavy atom. The molecule has 0 amide bonds. The van der Waals surface area contributed by atoms with Gasteiger partial charge in [-0.1, -0.05) is 35.9 Å². The van der Waals surface area contributed by atoms with Crippen molar-refractivity contribution >= 4 is 11.7 Å². The summed E-state index contributed by atoms with van der Waals surface area (Å²) >= 11 is 0. The van der Waals surface area contributed by atoms with Gasteiger partial charge >= 0.3 is 5.97 Å². The summed E-state index contributed by atoms with van der Waals surface area (Å²) in [4.78, 5) is 11.4. The van der Waals surface area contributed by atoms with E-state index in [9.17, 15) is 4.79 Å². The molecule has 19 heavy (non-hydrogen) atoms. The zero-order valence-corrected chi connectivity index (χ0v) is 11.1. The van der Waals surface area contributed by atoms with Crippen LogP contribution in [-0.4, -0.2) is 13.1 Å². The molecule has 0 aliphatic rings. The molecule has 0 unspecified atom stereocenters. The second kappa shape index (κ2) is 6.05. The van der Waals surface area contributed by atoms with Crippen molar-refractivity contribution in [2.75, 3.05) is 12.4 Å². The summed E-state index contributed by atoms with van der Waals surface area (Å²) in [5.41, 5.74) is 3.91. The first-order chi connectivity index (χ1) is 9.19. The summed E-state index contributed by atoms with van der Waals surface area (Å²) in [5, 5.41) is 3.29. The lowest BCUT2D eigenvalue weighted by Gasteiger charge is -2.08. The van der Waals surface area contributed by atoms with Gasteiger partial charge in [0, 0.05) is 12.2 Å². The molecule has 2 aromatic rings. The van der Waals surface area contributed by atoms with Crippen LogP contribution in [0.1, 0.15) is 21.5 Å². The van der Waals surface area contributed by atoms with Gasteiger partial charge in [-0.2, -0.15) is 0 Å². The average Bonchev–Trinajstić information content (AvgIpc) is 2.46. The van der Waals surface area contributed by atoms with Crippen molar-refractivity contribution in [1.82, 2.24) is 0 Å². The summed E-state index contributed by atoms with van der Waals surface area (Å²) in [6, 6.07) is 15.6. The van der Waals surface area contributed by atoms with Crippen molar-refractivity contribution in [1.29, 1.82) is 0 Å². The van der Waals surface area contributed by atoms with Crippen LogP contribution >= 0.6 is 0 Å². The van der Waals surface area contributed by atoms with Crippen LogP contribution in [0.4, 0.5) is 5.69 Å². The van der Waals surface area contributed by atoms with Gasteiger partial charge in [0.05, 0.1) is 12.7 Å². The Morgan fingerprint density at radius 3 is 2.58 bits per heavy atom. The lowest BCUT2D eigenvalue weighted by molar-refractivity contribution is 0.0601. The standard InChI is InChI=1S/C16H17NO2/c1-12-6-8-13(9-7-12)11-17-15-5-3-4-14(10-15)16(18)19-2/h3-10,17H,11H2,1-2H3. The van der Waals surface area contributed by atoms with E-state index in [1.165, 1.54) is 18.2 Å². The van der Waals surface area contributed by atoms with Gasteiger partial charge < -0.3 is 10.1 Å². The number of hydrogen-bond donors (Lipinski definition) is 1. The Balaban J connectivity index is 2.03. The van der Waals surface area contributed by atoms with Crippen LogP contribution in [0.5, 0.6) is 0 Å². The zero-order valence-electron chi connectivity index (χ0n) is 11.1. The van der Waals surface area contributed by atoms with Crippen molar-refractivity contribution in [2.45, 2.75) is 13.5 Å². The van der Waals surface area contributed by atoms with Crippen molar-refractivity contribution in [3.8, 4) is 0 Å². The topological polar surface area (TPSA) is 38.3 Å². The molecule has 3 heteroatoms. The van der Waals surface area contributed by atoms with Gasteiger partial charge in [-0.3, -0.25) is 0 Å². The molecule has 2 aromatic carbocycles. The number of hydrogen-bond acceptors (Lipinski definition) is 3. The third-order valence-electron chi connectivity index (χ3n) is 2.90. The molecule has 0 atom stereocenters. The number of ether oxygens (including phenoxy) is 1. The highest BCUT2D eigenvalue weighted by atomic mass is 16.5. The first kappa shape index (κ1) is 13.1. The molecule has 0 aromatic heterocycles. The van der Waals surface area contributed by atoms with Crippen LogP contribution in [0, 0.1) is 6.92 Å². The predicted molar refractivity (Wildman–Crippen MR) is 76.3 cm³/mol. The molecule has 0 aliphatic carbocycles. The molecule has 0 heterocycles.